The van der Waals surface area contributed by atoms with Gasteiger partial charge in [-0.3, -0.25) is 9.59 Å². The fraction of sp³-hybridized carbons (Fsp3) is 0.457. The number of nitrogens with zero attached hydrogens (tertiary/aromatic N) is 3. The number of nitrogens with two attached hydrogens (primary N) is 1. The largest absolute Gasteiger partial charge is 0.389 e. The van der Waals surface area contributed by atoms with Crippen LogP contribution in [-0.4, -0.2) is 65.2 Å². The minimum absolute atomic E-state index is 0.0414. The van der Waals surface area contributed by atoms with Crippen molar-refractivity contribution in [2.24, 2.45) is 10.7 Å². The fourth-order valence-corrected chi connectivity index (χ4v) is 4.96. The molecule has 1 aliphatic rings. The molecule has 0 aromatic heterocycles. The molecule has 8 heteroatoms. The van der Waals surface area contributed by atoms with Crippen LogP contribution >= 0.6 is 11.6 Å². The van der Waals surface area contributed by atoms with E-state index in [-0.39, 0.29) is 12.3 Å². The van der Waals surface area contributed by atoms with Crippen molar-refractivity contribution in [1.82, 2.24) is 9.80 Å². The molecule has 0 saturated heterocycles. The Bertz CT molecular complexity index is 1300. The first-order valence-corrected chi connectivity index (χ1v) is 15.7. The number of aliphatic hydroxyl groups is 1. The van der Waals surface area contributed by atoms with Gasteiger partial charge in [0.15, 0.2) is 6.29 Å². The zero-order valence-corrected chi connectivity index (χ0v) is 28.3. The predicted molar refractivity (Wildman–Crippen MR) is 184 cm³/mol. The Labute approximate surface area is 264 Å². The molecule has 0 unspecified atom stereocenters. The monoisotopic (exact) mass is 610 g/mol. The summed E-state index contributed by atoms with van der Waals surface area (Å²) in [6.45, 7) is 17.4. The van der Waals surface area contributed by atoms with Gasteiger partial charge >= 0.3 is 0 Å². The molecule has 0 aliphatic carbocycles. The summed E-state index contributed by atoms with van der Waals surface area (Å²) < 4.78 is 0. The van der Waals surface area contributed by atoms with Crippen molar-refractivity contribution in [3.05, 3.63) is 63.8 Å². The van der Waals surface area contributed by atoms with Gasteiger partial charge in [-0.25, -0.2) is 4.99 Å². The standard InChI is InChI=1S/C31H39ClN4O3.2C2H6/c1-6-11-36(12-7-2)30(38)25-15-26-27(32)16-24(17-28(26)34-29(33)18-25)21-8-9-23(19-37)22(14-21)10-13-35(5)20-31(3,4)39;2*1-2/h8-10,13-17,19,39H,6-7,11-12,18,20H2,1-5H3,(H2,33,34);2*1-2H3/b13-10-;;. The van der Waals surface area contributed by atoms with Crippen molar-refractivity contribution in [1.29, 1.82) is 0 Å². The first-order valence-electron chi connectivity index (χ1n) is 15.3. The Morgan fingerprint density at radius 3 is 2.23 bits per heavy atom. The van der Waals surface area contributed by atoms with E-state index in [2.05, 4.69) is 18.8 Å². The predicted octanol–water partition coefficient (Wildman–Crippen LogP) is 7.97. The highest BCUT2D eigenvalue weighted by atomic mass is 35.5. The van der Waals surface area contributed by atoms with Crippen molar-refractivity contribution in [3.8, 4) is 11.1 Å². The van der Waals surface area contributed by atoms with E-state index in [0.717, 1.165) is 35.8 Å². The van der Waals surface area contributed by atoms with Crippen molar-refractivity contribution >= 4 is 47.5 Å². The maximum Gasteiger partial charge on any atom is 0.250 e. The molecule has 0 atom stereocenters. The van der Waals surface area contributed by atoms with E-state index >= 15 is 0 Å². The summed E-state index contributed by atoms with van der Waals surface area (Å²) in [5.74, 6) is 0.310. The number of hydrogen-bond acceptors (Lipinski definition) is 6. The highest BCUT2D eigenvalue weighted by Crippen LogP contribution is 2.38. The topological polar surface area (TPSA) is 99.2 Å². The summed E-state index contributed by atoms with van der Waals surface area (Å²) in [4.78, 5) is 33.4. The molecule has 0 bridgehead atoms. The molecule has 2 aromatic carbocycles. The molecular weight excluding hydrogens is 560 g/mol. The van der Waals surface area contributed by atoms with Gasteiger partial charge in [0.05, 0.1) is 16.3 Å². The molecule has 0 radical (unpaired) electrons. The molecule has 236 valence electrons. The fourth-order valence-electron chi connectivity index (χ4n) is 4.69. The maximum atomic E-state index is 13.3. The van der Waals surface area contributed by atoms with Gasteiger partial charge in [-0.2, -0.15) is 0 Å². The molecule has 3 N–H and O–H groups in total. The van der Waals surface area contributed by atoms with E-state index in [1.165, 1.54) is 0 Å². The summed E-state index contributed by atoms with van der Waals surface area (Å²) in [6, 6.07) is 9.29. The Morgan fingerprint density at radius 1 is 1.05 bits per heavy atom. The summed E-state index contributed by atoms with van der Waals surface area (Å²) in [5, 5.41) is 10.5. The summed E-state index contributed by atoms with van der Waals surface area (Å²) >= 11 is 6.77. The number of carbonyl (C=O) groups is 2. The maximum absolute atomic E-state index is 13.3. The van der Waals surface area contributed by atoms with Crippen LogP contribution in [0, 0.1) is 0 Å². The molecule has 0 spiro atoms. The summed E-state index contributed by atoms with van der Waals surface area (Å²) in [6.07, 6.45) is 8.32. The van der Waals surface area contributed by atoms with Crippen LogP contribution in [0.5, 0.6) is 0 Å². The Hall–Kier alpha value is -3.42. The number of amidine groups is 1. The molecule has 0 fully saturated rings. The van der Waals surface area contributed by atoms with Gasteiger partial charge in [-0.1, -0.05) is 65.3 Å². The number of aliphatic imine (C=N–C) groups is 1. The second kappa shape index (κ2) is 18.3. The van der Waals surface area contributed by atoms with Crippen LogP contribution in [0.15, 0.2) is 47.1 Å². The Morgan fingerprint density at radius 2 is 1.67 bits per heavy atom. The second-order valence-corrected chi connectivity index (χ2v) is 11.0. The number of benzene rings is 2. The van der Waals surface area contributed by atoms with Gasteiger partial charge in [-0.05, 0) is 79.9 Å². The quantitative estimate of drug-likeness (QED) is 0.251. The zero-order valence-electron chi connectivity index (χ0n) is 27.5. The number of hydrogen-bond donors (Lipinski definition) is 2. The molecule has 1 aliphatic heterocycles. The van der Waals surface area contributed by atoms with Gasteiger partial charge < -0.3 is 20.6 Å². The molecule has 43 heavy (non-hydrogen) atoms. The highest BCUT2D eigenvalue weighted by molar-refractivity contribution is 6.33. The number of carbonyl (C=O) groups excluding carboxylic acids is 2. The lowest BCUT2D eigenvalue weighted by atomic mass is 9.97. The number of rotatable bonds is 11. The second-order valence-electron chi connectivity index (χ2n) is 10.6. The van der Waals surface area contributed by atoms with Crippen molar-refractivity contribution in [2.45, 2.75) is 80.3 Å². The van der Waals surface area contributed by atoms with E-state index in [0.29, 0.717) is 52.9 Å². The summed E-state index contributed by atoms with van der Waals surface area (Å²) in [5.41, 5.74) is 10.2. The van der Waals surface area contributed by atoms with Crippen molar-refractivity contribution < 1.29 is 14.7 Å². The minimum atomic E-state index is -0.849. The van der Waals surface area contributed by atoms with Gasteiger partial charge in [-0.15, -0.1) is 0 Å². The number of fused-ring (bicyclic) bond motifs is 1. The van der Waals surface area contributed by atoms with E-state index in [1.54, 1.807) is 19.9 Å². The third-order valence-corrected chi connectivity index (χ3v) is 6.62. The number of aldehydes is 1. The minimum Gasteiger partial charge on any atom is -0.389 e. The Balaban J connectivity index is 0.00000221. The molecule has 7 nitrogen and oxygen atoms in total. The smallest absolute Gasteiger partial charge is 0.250 e. The average Bonchev–Trinajstić information content (AvgIpc) is 3.15. The lowest BCUT2D eigenvalue weighted by molar-refractivity contribution is -0.127. The summed E-state index contributed by atoms with van der Waals surface area (Å²) in [7, 11) is 1.86. The van der Waals surface area contributed by atoms with Crippen LogP contribution in [0.25, 0.3) is 23.3 Å². The number of likely N-dealkylation sites (N-methyl/N-ethyl adjacent to an activating group) is 1. The van der Waals surface area contributed by atoms with Crippen LogP contribution in [-0.2, 0) is 4.79 Å². The molecule has 1 amide bonds. The first kappa shape index (κ1) is 37.6. The van der Waals surface area contributed by atoms with Crippen LogP contribution < -0.4 is 5.73 Å². The van der Waals surface area contributed by atoms with Crippen LogP contribution in [0.3, 0.4) is 0 Å². The zero-order chi connectivity index (χ0) is 32.7. The average molecular weight is 611 g/mol. The third kappa shape index (κ3) is 11.3. The van der Waals surface area contributed by atoms with Crippen LogP contribution in [0.4, 0.5) is 5.69 Å². The van der Waals surface area contributed by atoms with Crippen molar-refractivity contribution in [3.63, 3.8) is 0 Å². The van der Waals surface area contributed by atoms with Gasteiger partial charge in [0.1, 0.15) is 5.84 Å². The van der Waals surface area contributed by atoms with Gasteiger partial charge in [0.25, 0.3) is 0 Å². The molecule has 2 aromatic rings. The van der Waals surface area contributed by atoms with E-state index in [1.807, 2.05) is 87.2 Å². The normalized spacial score (nSPS) is 12.4. The molecule has 0 saturated carbocycles. The SMILES string of the molecule is CC.CC.CCCN(CCC)C(=O)C1=Cc2c(Cl)cc(-c3ccc(C=O)c(/C=C\N(C)CC(C)(C)O)c3)cc2N=C(N)C1. The first-order chi connectivity index (χ1) is 20.4. The lowest BCUT2D eigenvalue weighted by Gasteiger charge is -2.24. The van der Waals surface area contributed by atoms with Crippen molar-refractivity contribution in [2.75, 3.05) is 26.7 Å². The van der Waals surface area contributed by atoms with Gasteiger partial charge in [0.2, 0.25) is 5.91 Å². The Kier molecular flexibility index (Phi) is 16.0. The number of halogens is 1. The molecule has 1 heterocycles. The molecular formula is C35H51ClN4O3. The van der Waals surface area contributed by atoms with Crippen LogP contribution in [0.2, 0.25) is 5.02 Å². The highest BCUT2D eigenvalue weighted by Gasteiger charge is 2.22. The van der Waals surface area contributed by atoms with Crippen LogP contribution in [0.1, 0.15) is 96.1 Å². The van der Waals surface area contributed by atoms with E-state index in [9.17, 15) is 14.7 Å². The molecule has 3 rings (SSSR count). The third-order valence-electron chi connectivity index (χ3n) is 6.30. The lowest BCUT2D eigenvalue weighted by Crippen LogP contribution is -2.34. The van der Waals surface area contributed by atoms with E-state index < -0.39 is 5.60 Å². The van der Waals surface area contributed by atoms with Gasteiger partial charge in [0, 0.05) is 49.8 Å². The van der Waals surface area contributed by atoms with E-state index in [4.69, 9.17) is 17.3 Å². The number of amides is 1.